The lowest BCUT2D eigenvalue weighted by Crippen LogP contribution is -2.50. The van der Waals surface area contributed by atoms with Crippen LogP contribution in [0.2, 0.25) is 0 Å². The Morgan fingerprint density at radius 3 is 2.88 bits per heavy atom. The molecule has 0 saturated carbocycles. The number of piperidine rings is 1. The minimum Gasteiger partial charge on any atom is -0.508 e. The van der Waals surface area contributed by atoms with E-state index in [1.807, 2.05) is 37.8 Å². The van der Waals surface area contributed by atoms with Crippen molar-refractivity contribution in [3.63, 3.8) is 0 Å². The van der Waals surface area contributed by atoms with Gasteiger partial charge in [-0.15, -0.1) is 0 Å². The third kappa shape index (κ3) is 4.46. The summed E-state index contributed by atoms with van der Waals surface area (Å²) in [6.07, 6.45) is 5.04. The number of aromatic hydroxyl groups is 1. The highest BCUT2D eigenvalue weighted by Gasteiger charge is 2.31. The zero-order valence-corrected chi connectivity index (χ0v) is 15.5. The Morgan fingerprint density at radius 1 is 1.32 bits per heavy atom. The van der Waals surface area contributed by atoms with E-state index in [4.69, 9.17) is 4.74 Å². The molecule has 1 heterocycles. The molecule has 0 aromatic heterocycles. The molecule has 2 aliphatic rings. The van der Waals surface area contributed by atoms with Crippen molar-refractivity contribution in [2.75, 3.05) is 13.1 Å². The number of phenols is 1. The second kappa shape index (κ2) is 7.24. The van der Waals surface area contributed by atoms with Crippen molar-refractivity contribution < 1.29 is 14.6 Å². The number of phenolic OH excluding ortho intramolecular Hbond substituents is 1. The molecule has 0 radical (unpaired) electrons. The van der Waals surface area contributed by atoms with E-state index in [9.17, 15) is 9.90 Å². The molecule has 3 rings (SSSR count). The fourth-order valence-corrected chi connectivity index (χ4v) is 3.87. The number of nitrogens with one attached hydrogen (secondary N) is 1. The monoisotopic (exact) mass is 346 g/mol. The first-order valence-corrected chi connectivity index (χ1v) is 9.38. The highest BCUT2D eigenvalue weighted by atomic mass is 16.6. The first-order valence-electron chi connectivity index (χ1n) is 9.38. The van der Waals surface area contributed by atoms with Crippen molar-refractivity contribution in [1.29, 1.82) is 0 Å². The van der Waals surface area contributed by atoms with Gasteiger partial charge < -0.3 is 20.1 Å². The molecule has 1 fully saturated rings. The Labute approximate surface area is 150 Å². The van der Waals surface area contributed by atoms with E-state index in [0.29, 0.717) is 11.8 Å². The lowest BCUT2D eigenvalue weighted by Gasteiger charge is -2.37. The Kier molecular flexibility index (Phi) is 5.23. The molecule has 5 nitrogen and oxygen atoms in total. The van der Waals surface area contributed by atoms with Crippen molar-refractivity contribution in [1.82, 2.24) is 10.2 Å². The van der Waals surface area contributed by atoms with E-state index in [1.165, 1.54) is 11.1 Å². The predicted octanol–water partition coefficient (Wildman–Crippen LogP) is 3.76. The standard InChI is InChI=1S/C20H30N2O3/c1-20(2,3)25-19(24)22-11-5-4-6-15(22)13-21-18-10-7-14-12-16(23)8-9-17(14)18/h8-9,12,15,18,21,23H,4-7,10-11,13H2,1-3H3. The Hall–Kier alpha value is -1.75. The minimum atomic E-state index is -0.459. The number of fused-ring (bicyclic) bond motifs is 1. The summed E-state index contributed by atoms with van der Waals surface area (Å²) in [4.78, 5) is 14.4. The Bertz CT molecular complexity index is 624. The zero-order chi connectivity index (χ0) is 18.0. The van der Waals surface area contributed by atoms with Crippen LogP contribution in [0.25, 0.3) is 0 Å². The van der Waals surface area contributed by atoms with E-state index >= 15 is 0 Å². The van der Waals surface area contributed by atoms with Crippen LogP contribution < -0.4 is 5.32 Å². The molecule has 1 amide bonds. The lowest BCUT2D eigenvalue weighted by molar-refractivity contribution is 0.00965. The van der Waals surface area contributed by atoms with Crippen LogP contribution in [-0.2, 0) is 11.2 Å². The van der Waals surface area contributed by atoms with Gasteiger partial charge in [0.2, 0.25) is 0 Å². The average Bonchev–Trinajstić information content (AvgIpc) is 2.93. The van der Waals surface area contributed by atoms with E-state index < -0.39 is 5.60 Å². The van der Waals surface area contributed by atoms with Crippen LogP contribution in [-0.4, -0.2) is 40.8 Å². The average molecular weight is 346 g/mol. The second-order valence-electron chi connectivity index (χ2n) is 8.21. The molecule has 138 valence electrons. The van der Waals surface area contributed by atoms with Gasteiger partial charge in [0.15, 0.2) is 0 Å². The topological polar surface area (TPSA) is 61.8 Å². The number of nitrogens with zero attached hydrogens (tertiary/aromatic N) is 1. The fraction of sp³-hybridized carbons (Fsp3) is 0.650. The van der Waals surface area contributed by atoms with Gasteiger partial charge in [0, 0.05) is 25.2 Å². The third-order valence-corrected chi connectivity index (χ3v) is 5.06. The molecular weight excluding hydrogens is 316 g/mol. The number of rotatable bonds is 3. The zero-order valence-electron chi connectivity index (χ0n) is 15.5. The van der Waals surface area contributed by atoms with E-state index in [2.05, 4.69) is 5.32 Å². The van der Waals surface area contributed by atoms with Crippen LogP contribution in [0.4, 0.5) is 4.79 Å². The maximum Gasteiger partial charge on any atom is 0.410 e. The fourth-order valence-electron chi connectivity index (χ4n) is 3.87. The van der Waals surface area contributed by atoms with Gasteiger partial charge in [-0.25, -0.2) is 4.79 Å². The summed E-state index contributed by atoms with van der Waals surface area (Å²) < 4.78 is 5.58. The van der Waals surface area contributed by atoms with Crippen LogP contribution >= 0.6 is 0 Å². The summed E-state index contributed by atoms with van der Waals surface area (Å²) >= 11 is 0. The number of benzene rings is 1. The number of hydrogen-bond donors (Lipinski definition) is 2. The number of amides is 1. The quantitative estimate of drug-likeness (QED) is 0.875. The van der Waals surface area contributed by atoms with Crippen LogP contribution in [0.3, 0.4) is 0 Å². The summed E-state index contributed by atoms with van der Waals surface area (Å²) in [6.45, 7) is 7.29. The molecular formula is C20H30N2O3. The number of carbonyl (C=O) groups excluding carboxylic acids is 1. The number of ether oxygens (including phenoxy) is 1. The van der Waals surface area contributed by atoms with Gasteiger partial charge in [0.1, 0.15) is 11.4 Å². The van der Waals surface area contributed by atoms with Gasteiger partial charge >= 0.3 is 6.09 Å². The number of likely N-dealkylation sites (tertiary alicyclic amines) is 1. The smallest absolute Gasteiger partial charge is 0.410 e. The van der Waals surface area contributed by atoms with E-state index in [1.54, 1.807) is 6.07 Å². The van der Waals surface area contributed by atoms with Crippen molar-refractivity contribution in [3.8, 4) is 5.75 Å². The first kappa shape index (κ1) is 18.1. The van der Waals surface area contributed by atoms with Gasteiger partial charge in [-0.2, -0.15) is 0 Å². The summed E-state index contributed by atoms with van der Waals surface area (Å²) in [5.41, 5.74) is 2.04. The maximum atomic E-state index is 12.5. The van der Waals surface area contributed by atoms with Gasteiger partial charge in [-0.05, 0) is 76.1 Å². The molecule has 1 aliphatic carbocycles. The minimum absolute atomic E-state index is 0.185. The van der Waals surface area contributed by atoms with E-state index in [0.717, 1.165) is 45.2 Å². The molecule has 1 saturated heterocycles. The largest absolute Gasteiger partial charge is 0.508 e. The molecule has 5 heteroatoms. The second-order valence-corrected chi connectivity index (χ2v) is 8.21. The van der Waals surface area contributed by atoms with Crippen molar-refractivity contribution in [2.24, 2.45) is 0 Å². The SMILES string of the molecule is CC(C)(C)OC(=O)N1CCCCC1CNC1CCc2cc(O)ccc21. The number of aryl methyl sites for hydroxylation is 1. The molecule has 1 aliphatic heterocycles. The van der Waals surface area contributed by atoms with Crippen molar-refractivity contribution in [2.45, 2.75) is 70.6 Å². The molecule has 1 aromatic rings. The maximum absolute atomic E-state index is 12.5. The summed E-state index contributed by atoms with van der Waals surface area (Å²) in [7, 11) is 0. The predicted molar refractivity (Wildman–Crippen MR) is 97.8 cm³/mol. The van der Waals surface area contributed by atoms with Crippen LogP contribution in [0.1, 0.15) is 63.6 Å². The molecule has 25 heavy (non-hydrogen) atoms. The normalized spacial score (nSPS) is 23.4. The Balaban J connectivity index is 1.61. The molecule has 2 unspecified atom stereocenters. The highest BCUT2D eigenvalue weighted by Crippen LogP contribution is 2.33. The highest BCUT2D eigenvalue weighted by molar-refractivity contribution is 5.68. The van der Waals surface area contributed by atoms with Crippen LogP contribution in [0.15, 0.2) is 18.2 Å². The summed E-state index contributed by atoms with van der Waals surface area (Å²) in [5.74, 6) is 0.336. The van der Waals surface area contributed by atoms with Gasteiger partial charge in [0.25, 0.3) is 0 Å². The Morgan fingerprint density at radius 2 is 2.12 bits per heavy atom. The van der Waals surface area contributed by atoms with Gasteiger partial charge in [-0.1, -0.05) is 6.07 Å². The first-order chi connectivity index (χ1) is 11.8. The van der Waals surface area contributed by atoms with Gasteiger partial charge in [-0.3, -0.25) is 0 Å². The van der Waals surface area contributed by atoms with E-state index in [-0.39, 0.29) is 12.1 Å². The van der Waals surface area contributed by atoms with Crippen LogP contribution in [0, 0.1) is 0 Å². The molecule has 0 bridgehead atoms. The molecule has 0 spiro atoms. The molecule has 2 N–H and O–H groups in total. The molecule has 1 aromatic carbocycles. The number of hydrogen-bond acceptors (Lipinski definition) is 4. The van der Waals surface area contributed by atoms with Gasteiger partial charge in [0.05, 0.1) is 0 Å². The van der Waals surface area contributed by atoms with Crippen molar-refractivity contribution in [3.05, 3.63) is 29.3 Å². The third-order valence-electron chi connectivity index (χ3n) is 5.06. The summed E-state index contributed by atoms with van der Waals surface area (Å²) in [6, 6.07) is 6.13. The number of carbonyl (C=O) groups is 1. The van der Waals surface area contributed by atoms with Crippen molar-refractivity contribution >= 4 is 6.09 Å². The summed E-state index contributed by atoms with van der Waals surface area (Å²) in [5, 5.41) is 13.3. The lowest BCUT2D eigenvalue weighted by atomic mass is 10.0. The van der Waals surface area contributed by atoms with Crippen LogP contribution in [0.5, 0.6) is 5.75 Å². The molecule has 2 atom stereocenters.